The maximum Gasteiger partial charge on any atom is 1.00 e. The molecule has 0 saturated heterocycles. The summed E-state index contributed by atoms with van der Waals surface area (Å²) in [5, 5.41) is 38.1. The van der Waals surface area contributed by atoms with Crippen molar-refractivity contribution >= 4 is 151 Å². The average molecular weight is 1590 g/mol. The van der Waals surface area contributed by atoms with E-state index in [1.807, 2.05) is 31.3 Å². The summed E-state index contributed by atoms with van der Waals surface area (Å²) in [4.78, 5) is 114. The molecule has 3 aromatic carbocycles. The molecule has 0 fully saturated rings. The van der Waals surface area contributed by atoms with E-state index in [4.69, 9.17) is 94.4 Å². The van der Waals surface area contributed by atoms with Crippen molar-refractivity contribution in [2.75, 3.05) is 74.8 Å². The van der Waals surface area contributed by atoms with Crippen molar-refractivity contribution in [3.05, 3.63) is 151 Å². The van der Waals surface area contributed by atoms with Gasteiger partial charge in [-0.05, 0) is 83.3 Å². The first-order chi connectivity index (χ1) is 49.1. The van der Waals surface area contributed by atoms with Gasteiger partial charge in [0.15, 0.2) is 57.9 Å². The molecule has 0 saturated carbocycles. The number of hydrogen-bond donors (Lipinski definition) is 11. The van der Waals surface area contributed by atoms with Gasteiger partial charge in [-0.3, -0.25) is 47.6 Å². The van der Waals surface area contributed by atoms with Gasteiger partial charge >= 0.3 is 30.8 Å². The molecule has 0 aliphatic heterocycles. The molecule has 0 aliphatic carbocycles. The Labute approximate surface area is 654 Å². The number of ketones is 5. The molecule has 7 heterocycles. The number of carbonyl (C=O) groups excluding carboxylic acids is 6. The number of para-hydroxylation sites is 3. The van der Waals surface area contributed by atoms with Crippen LogP contribution in [0, 0.1) is 0 Å². The monoisotopic (exact) mass is 1590 g/mol. The number of halogens is 5. The van der Waals surface area contributed by atoms with E-state index in [1.54, 1.807) is 97.7 Å². The van der Waals surface area contributed by atoms with Crippen LogP contribution in [0.2, 0.25) is 20.5 Å². The molecule has 0 radical (unpaired) electrons. The van der Waals surface area contributed by atoms with Crippen molar-refractivity contribution in [1.29, 1.82) is 0 Å². The Bertz CT molecular complexity index is 4620. The molecule has 43 heteroatoms. The second kappa shape index (κ2) is 45.8. The van der Waals surface area contributed by atoms with Gasteiger partial charge in [0.25, 0.3) is 5.56 Å². The maximum atomic E-state index is 12.0. The van der Waals surface area contributed by atoms with Crippen LogP contribution in [0.15, 0.2) is 103 Å². The number of ether oxygens (including phenoxy) is 4. The SMILES string of the molecule is CC(=O)c1c(Cl)cc(Cl)nc1N.CC(=O)c1c(O)cc(=O)[nH]c1N.CN.COC(=O)CC(=O)CC(C)=O.COc1c(N)cccc1-c1ncn(C)n1.COc1c(Nc2cc(Cl)nc(N)c2C(=O)O)cccc1-c1ncn(C)n1.COc1c(Nc2cc(Cl)nc(N)c2C(C)=O)cccc1-c1ncn(C)n1.Cl.O.[Li+].[OH-]. The van der Waals surface area contributed by atoms with Gasteiger partial charge in [0, 0.05) is 33.3 Å². The van der Waals surface area contributed by atoms with E-state index >= 15 is 0 Å². The number of carboxylic acids is 1. The van der Waals surface area contributed by atoms with Crippen molar-refractivity contribution in [3.8, 4) is 57.2 Å². The second-order valence-corrected chi connectivity index (χ2v) is 22.4. The third kappa shape index (κ3) is 27.4. The smallest absolute Gasteiger partial charge is 0.870 e. The zero-order valence-corrected chi connectivity index (χ0v) is 64.0. The van der Waals surface area contributed by atoms with Crippen molar-refractivity contribution in [3.63, 3.8) is 0 Å². The van der Waals surface area contributed by atoms with Crippen LogP contribution in [0.3, 0.4) is 0 Å². The number of pyridine rings is 4. The van der Waals surface area contributed by atoms with Crippen LogP contribution < -0.4 is 83.7 Å². The number of aromatic nitrogens is 13. The predicted octanol–water partition coefficient (Wildman–Crippen LogP) is 4.84. The summed E-state index contributed by atoms with van der Waals surface area (Å²) in [7, 11) is 12.7. The fourth-order valence-corrected chi connectivity index (χ4v) is 9.91. The van der Waals surface area contributed by atoms with Gasteiger partial charge in [0.05, 0.1) is 102 Å². The number of Topliss-reactive ketones (excluding diaryl/α,β-unsaturated/α-hetero) is 5. The van der Waals surface area contributed by atoms with Crippen molar-refractivity contribution in [2.45, 2.75) is 40.5 Å². The van der Waals surface area contributed by atoms with Crippen molar-refractivity contribution in [2.24, 2.45) is 26.9 Å². The second-order valence-electron chi connectivity index (χ2n) is 20.8. The molecule has 0 bridgehead atoms. The number of aryl methyl sites for hydroxylation is 3. The largest absolute Gasteiger partial charge is 1.00 e. The first-order valence-corrected chi connectivity index (χ1v) is 31.2. The molecule has 108 heavy (non-hydrogen) atoms. The van der Waals surface area contributed by atoms with Gasteiger partial charge in [0.2, 0.25) is 0 Å². The van der Waals surface area contributed by atoms with Crippen LogP contribution in [-0.2, 0) is 40.3 Å². The van der Waals surface area contributed by atoms with Crippen LogP contribution in [0.1, 0.15) is 82.0 Å². The Morgan fingerprint density at radius 3 is 1.25 bits per heavy atom. The molecule has 10 rings (SSSR count). The van der Waals surface area contributed by atoms with E-state index in [1.165, 1.54) is 61.1 Å². The topological polar surface area (TPSA) is 602 Å². The Morgan fingerprint density at radius 2 is 0.907 bits per heavy atom. The molecule has 0 aliphatic rings. The summed E-state index contributed by atoms with van der Waals surface area (Å²) in [6.45, 7) is 5.34. The zero-order valence-electron chi connectivity index (χ0n) is 60.1. The number of nitrogen functional groups attached to an aromatic ring is 5. The number of aromatic amines is 1. The van der Waals surface area contributed by atoms with E-state index in [-0.39, 0.29) is 156 Å². The summed E-state index contributed by atoms with van der Waals surface area (Å²) >= 11 is 23.2. The number of nitrogens with one attached hydrogen (secondary N) is 3. The first-order valence-electron chi connectivity index (χ1n) is 29.7. The number of anilines is 9. The molecule has 0 unspecified atom stereocenters. The molecular formula is C65H77Cl5LiN21O16. The summed E-state index contributed by atoms with van der Waals surface area (Å²) in [5.74, 6) is -0.648. The summed E-state index contributed by atoms with van der Waals surface area (Å²) in [6.07, 6.45) is 4.32. The van der Waals surface area contributed by atoms with Gasteiger partial charge in [-0.25, -0.2) is 34.7 Å². The van der Waals surface area contributed by atoms with Crippen molar-refractivity contribution in [1.82, 2.24) is 64.2 Å². The van der Waals surface area contributed by atoms with E-state index < -0.39 is 23.3 Å². The van der Waals surface area contributed by atoms with Gasteiger partial charge in [-0.2, -0.15) is 15.3 Å². The van der Waals surface area contributed by atoms with E-state index in [0.29, 0.717) is 68.6 Å². The number of methoxy groups -OCH3 is 4. The maximum absolute atomic E-state index is 12.0. The molecule has 10 aromatic rings. The van der Waals surface area contributed by atoms with E-state index in [0.717, 1.165) is 11.6 Å². The predicted molar refractivity (Wildman–Crippen MR) is 406 cm³/mol. The zero-order chi connectivity index (χ0) is 78.0. The fourth-order valence-electron chi connectivity index (χ4n) is 8.92. The number of nitrogens with zero attached hydrogens (tertiary/aromatic N) is 12. The first kappa shape index (κ1) is 96.5. The van der Waals surface area contributed by atoms with Gasteiger partial charge in [-0.15, -0.1) is 12.4 Å². The molecule has 0 atom stereocenters. The minimum absolute atomic E-state index is 0. The van der Waals surface area contributed by atoms with Gasteiger partial charge in [-0.1, -0.05) is 64.6 Å². The summed E-state index contributed by atoms with van der Waals surface area (Å²) in [6, 6.07) is 21.5. The fraction of sp³-hybridized carbons (Fsp3) is 0.215. The van der Waals surface area contributed by atoms with E-state index in [9.17, 15) is 43.5 Å². The van der Waals surface area contributed by atoms with E-state index in [2.05, 4.69) is 71.3 Å². The number of H-pyrrole nitrogens is 1. The molecule has 0 amide bonds. The van der Waals surface area contributed by atoms with Crippen LogP contribution >= 0.6 is 58.8 Å². The Morgan fingerprint density at radius 1 is 0.537 bits per heavy atom. The van der Waals surface area contributed by atoms with Crippen LogP contribution in [-0.4, -0.2) is 162 Å². The number of hydrogen-bond acceptors (Lipinski definition) is 31. The number of carboxylic acid groups (broad SMARTS) is 1. The standard InChI is InChI=1S/C17H17ClN6O2.C16H15ClN6O3.C10H12N4O.C7H6Cl2N2O.C7H8N2O3.C7H10O4.CH5N.ClH.Li.2H2O/c1-9(25)14-12(7-13(18)22-16(14)19)21-11-6-4-5-10(15(11)26-3)17-20-8-24(2)23-17;1-23-7-19-15(22-23)8-4-3-5-9(13(8)26-2)20-10-6-11(17)21-14(18)12(10)16(24)25;1-14-6-12-10(13-14)7-4-3-5-8(11)9(7)15-2;1-3(12)6-4(8)2-5(9)11-7(6)10;1-3(10)6-4(11)2-5(12)9-7(6)8;1-5(8)3-6(9)4-7(10)11-2;1-2;;;;/h4-8H,1-3H3,(H3,19,21,22);3-7H,1-2H3,(H,24,25)(H3,18,20,21);3-6H,11H2,1-2H3;2H,1H3,(H2,10,11);2H,1H3,(H4,8,9,11,12);3-4H2,1-2H3;2H2,1H3;1H;;2*1H2/q;;;;;;;;+1;;/p-1. The minimum Gasteiger partial charge on any atom is -0.870 e. The molecule has 20 N–H and O–H groups in total. The number of esters is 1. The Kier molecular flexibility index (Phi) is 40.9. The van der Waals surface area contributed by atoms with Crippen LogP contribution in [0.25, 0.3) is 34.2 Å². The van der Waals surface area contributed by atoms with Crippen LogP contribution in [0.5, 0.6) is 23.0 Å². The van der Waals surface area contributed by atoms with Gasteiger partial charge in [0.1, 0.15) is 81.2 Å². The van der Waals surface area contributed by atoms with Gasteiger partial charge < -0.3 is 90.1 Å². The number of nitrogens with two attached hydrogens (primary N) is 6. The molecule has 574 valence electrons. The number of rotatable bonds is 18. The quantitative estimate of drug-likeness (QED) is 0.0137. The van der Waals surface area contributed by atoms with Crippen LogP contribution in [0.4, 0.5) is 51.7 Å². The third-order valence-corrected chi connectivity index (χ3v) is 14.0. The third-order valence-electron chi connectivity index (χ3n) is 13.1. The number of benzene rings is 3. The average Bonchev–Trinajstić information content (AvgIpc) is 1.16. The summed E-state index contributed by atoms with van der Waals surface area (Å²) < 4.78 is 25.3. The number of aromatic hydroxyl groups is 1. The Balaban J connectivity index is 0.00000130. The molecular weight excluding hydrogens is 1520 g/mol. The molecule has 37 nitrogen and oxygen atoms in total. The normalized spacial score (nSPS) is 9.68. The number of aromatic carboxylic acids is 1. The number of carbonyl (C=O) groups is 7. The molecule has 7 aromatic heterocycles. The minimum atomic E-state index is -1.23. The molecule has 0 spiro atoms. The van der Waals surface area contributed by atoms with Crippen molar-refractivity contribution < 1.29 is 92.5 Å². The summed E-state index contributed by atoms with van der Waals surface area (Å²) in [5.41, 5.74) is 36.8. The Hall–Kier alpha value is -11.5.